The Hall–Kier alpha value is -0.870. The monoisotopic (exact) mass is 239 g/mol. The van der Waals surface area contributed by atoms with Crippen LogP contribution in [-0.4, -0.2) is 16.9 Å². The molecule has 1 aromatic carbocycles. The minimum atomic E-state index is -2.62. The second kappa shape index (κ2) is 4.18. The summed E-state index contributed by atoms with van der Waals surface area (Å²) in [4.78, 5) is 0.682. The Balaban J connectivity index is 2.37. The highest BCUT2D eigenvalue weighted by molar-refractivity contribution is 7.89. The number of nitrogens with zero attached hydrogens (tertiary/aromatic N) is 1. The minimum absolute atomic E-state index is 0.0498. The lowest BCUT2D eigenvalue weighted by Gasteiger charge is -2.06. The number of rotatable bonds is 2. The Labute approximate surface area is 97.2 Å². The van der Waals surface area contributed by atoms with Crippen LogP contribution >= 0.6 is 0 Å². The number of aryl methyl sites for hydroxylation is 1. The smallest absolute Gasteiger partial charge is 0.193 e. The van der Waals surface area contributed by atoms with E-state index in [1.54, 1.807) is 0 Å². The van der Waals surface area contributed by atoms with Crippen molar-refractivity contribution in [1.29, 1.82) is 0 Å². The summed E-state index contributed by atoms with van der Waals surface area (Å²) in [6.45, 7) is 6.60. The zero-order chi connectivity index (χ0) is 11.8. The van der Waals surface area contributed by atoms with Gasteiger partial charge in [0.1, 0.15) is 0 Å². The maximum atomic E-state index is 12.4. The fourth-order valence-corrected chi connectivity index (χ4v) is 3.34. The number of hydrogen-bond donors (Lipinski definition) is 0. The maximum absolute atomic E-state index is 12.4. The van der Waals surface area contributed by atoms with E-state index in [4.69, 9.17) is 4.18 Å². The molecule has 0 amide bonds. The molecular formula is C12H17NO2S. The summed E-state index contributed by atoms with van der Waals surface area (Å²) in [6, 6.07) is 7.59. The van der Waals surface area contributed by atoms with Gasteiger partial charge >= 0.3 is 0 Å². The van der Waals surface area contributed by atoms with Crippen LogP contribution in [0.2, 0.25) is 0 Å². The molecule has 88 valence electrons. The Morgan fingerprint density at radius 2 is 2.00 bits per heavy atom. The fourth-order valence-electron chi connectivity index (χ4n) is 1.55. The van der Waals surface area contributed by atoms with Crippen molar-refractivity contribution >= 4 is 10.0 Å². The lowest BCUT2D eigenvalue weighted by Crippen LogP contribution is -2.13. The molecule has 3 nitrogen and oxygen atoms in total. The molecule has 4 heteroatoms. The summed E-state index contributed by atoms with van der Waals surface area (Å²) in [5.74, 6) is 0.369. The maximum Gasteiger partial charge on any atom is 0.193 e. The summed E-state index contributed by atoms with van der Waals surface area (Å²) in [5.41, 5.74) is 1.14. The van der Waals surface area contributed by atoms with E-state index >= 15 is 0 Å². The zero-order valence-electron chi connectivity index (χ0n) is 9.84. The molecule has 0 spiro atoms. The summed E-state index contributed by atoms with van der Waals surface area (Å²) in [7, 11) is -2.62. The number of benzene rings is 1. The molecule has 0 bridgehead atoms. The van der Waals surface area contributed by atoms with E-state index in [-0.39, 0.29) is 6.04 Å². The molecule has 2 rings (SSSR count). The molecule has 0 aromatic heterocycles. The molecule has 0 N–H and O–H groups in total. The lowest BCUT2D eigenvalue weighted by molar-refractivity contribution is 0.312. The SMILES string of the molecule is Cc1ccc([S@]2(=O)=N[C@@H](C(C)C)CO2)cc1. The van der Waals surface area contributed by atoms with Crippen LogP contribution in [0.5, 0.6) is 0 Å². The van der Waals surface area contributed by atoms with Crippen molar-refractivity contribution in [3.8, 4) is 0 Å². The van der Waals surface area contributed by atoms with Crippen molar-refractivity contribution in [2.75, 3.05) is 6.61 Å². The van der Waals surface area contributed by atoms with Crippen LogP contribution in [0, 0.1) is 12.8 Å². The Bertz CT molecular complexity index is 484. The number of hydrogen-bond acceptors (Lipinski definition) is 3. The molecular weight excluding hydrogens is 222 g/mol. The molecule has 0 unspecified atom stereocenters. The molecule has 1 aromatic rings. The van der Waals surface area contributed by atoms with Crippen LogP contribution in [0.1, 0.15) is 19.4 Å². The van der Waals surface area contributed by atoms with Gasteiger partial charge in [-0.2, -0.15) is 0 Å². The van der Waals surface area contributed by atoms with Crippen LogP contribution in [0.25, 0.3) is 0 Å². The van der Waals surface area contributed by atoms with Gasteiger partial charge in [-0.05, 0) is 25.0 Å². The lowest BCUT2D eigenvalue weighted by atomic mass is 10.1. The van der Waals surface area contributed by atoms with Crippen molar-refractivity contribution in [2.24, 2.45) is 10.3 Å². The standard InChI is InChI=1S/C12H17NO2S/c1-9(2)12-8-15-16(14,13-12)11-6-4-10(3)5-7-11/h4-7,9,12H,8H2,1-3H3/t12-,16-/m1/s1. The highest BCUT2D eigenvalue weighted by atomic mass is 32.2. The van der Waals surface area contributed by atoms with Gasteiger partial charge in [-0.1, -0.05) is 31.5 Å². The first-order valence-corrected chi connectivity index (χ1v) is 6.92. The van der Waals surface area contributed by atoms with Gasteiger partial charge in [-0.15, -0.1) is 0 Å². The van der Waals surface area contributed by atoms with Gasteiger partial charge in [-0.25, -0.2) is 8.57 Å². The van der Waals surface area contributed by atoms with E-state index in [1.807, 2.05) is 31.2 Å². The Morgan fingerprint density at radius 1 is 1.38 bits per heavy atom. The van der Waals surface area contributed by atoms with Crippen molar-refractivity contribution in [3.05, 3.63) is 29.8 Å². The summed E-state index contributed by atoms with van der Waals surface area (Å²) in [6.07, 6.45) is 0. The zero-order valence-corrected chi connectivity index (χ0v) is 10.7. The average Bonchev–Trinajstić information content (AvgIpc) is 2.63. The quantitative estimate of drug-likeness (QED) is 0.796. The largest absolute Gasteiger partial charge is 0.279 e. The van der Waals surface area contributed by atoms with E-state index < -0.39 is 10.0 Å². The fraction of sp³-hybridized carbons (Fsp3) is 0.500. The molecule has 0 saturated carbocycles. The molecule has 1 aliphatic rings. The van der Waals surface area contributed by atoms with Gasteiger partial charge in [0, 0.05) is 0 Å². The van der Waals surface area contributed by atoms with E-state index in [0.717, 1.165) is 5.56 Å². The van der Waals surface area contributed by atoms with Crippen LogP contribution in [-0.2, 0) is 14.2 Å². The third kappa shape index (κ3) is 2.13. The van der Waals surface area contributed by atoms with Crippen LogP contribution in [0.4, 0.5) is 0 Å². The molecule has 0 fully saturated rings. The van der Waals surface area contributed by atoms with Crippen LogP contribution < -0.4 is 0 Å². The van der Waals surface area contributed by atoms with Gasteiger partial charge in [0.2, 0.25) is 0 Å². The second-order valence-corrected chi connectivity index (χ2v) is 6.36. The van der Waals surface area contributed by atoms with Crippen LogP contribution in [0.3, 0.4) is 0 Å². The van der Waals surface area contributed by atoms with Crippen LogP contribution in [0.15, 0.2) is 33.5 Å². The van der Waals surface area contributed by atoms with E-state index in [2.05, 4.69) is 18.2 Å². The third-order valence-corrected chi connectivity index (χ3v) is 4.63. The molecule has 2 atom stereocenters. The first kappa shape index (κ1) is 11.6. The highest BCUT2D eigenvalue weighted by Crippen LogP contribution is 2.25. The van der Waals surface area contributed by atoms with Gasteiger partial charge < -0.3 is 0 Å². The molecule has 1 aliphatic heterocycles. The average molecular weight is 239 g/mol. The van der Waals surface area contributed by atoms with Crippen molar-refractivity contribution in [2.45, 2.75) is 31.7 Å². The van der Waals surface area contributed by atoms with Gasteiger partial charge in [0.25, 0.3) is 0 Å². The topological polar surface area (TPSA) is 38.7 Å². The minimum Gasteiger partial charge on any atom is -0.279 e. The Morgan fingerprint density at radius 3 is 2.50 bits per heavy atom. The molecule has 16 heavy (non-hydrogen) atoms. The molecule has 0 aliphatic carbocycles. The van der Waals surface area contributed by atoms with E-state index in [1.165, 1.54) is 0 Å². The predicted octanol–water partition coefficient (Wildman–Crippen LogP) is 2.79. The van der Waals surface area contributed by atoms with Crippen molar-refractivity contribution in [1.82, 2.24) is 0 Å². The summed E-state index contributed by atoms with van der Waals surface area (Å²) >= 11 is 0. The first-order chi connectivity index (χ1) is 7.51. The summed E-state index contributed by atoms with van der Waals surface area (Å²) in [5, 5.41) is 0. The van der Waals surface area contributed by atoms with Gasteiger partial charge in [-0.3, -0.25) is 4.18 Å². The Kier molecular flexibility index (Phi) is 3.04. The molecule has 1 heterocycles. The van der Waals surface area contributed by atoms with Gasteiger partial charge in [0.05, 0.1) is 17.5 Å². The highest BCUT2D eigenvalue weighted by Gasteiger charge is 2.27. The van der Waals surface area contributed by atoms with Crippen molar-refractivity contribution in [3.63, 3.8) is 0 Å². The summed E-state index contributed by atoms with van der Waals surface area (Å²) < 4.78 is 22.2. The second-order valence-electron chi connectivity index (χ2n) is 4.49. The first-order valence-electron chi connectivity index (χ1n) is 5.48. The third-order valence-electron chi connectivity index (χ3n) is 2.76. The molecule has 0 radical (unpaired) electrons. The van der Waals surface area contributed by atoms with E-state index in [0.29, 0.717) is 17.4 Å². The van der Waals surface area contributed by atoms with Gasteiger partial charge in [0.15, 0.2) is 10.0 Å². The van der Waals surface area contributed by atoms with Crippen molar-refractivity contribution < 1.29 is 8.39 Å². The van der Waals surface area contributed by atoms with E-state index in [9.17, 15) is 4.21 Å². The normalized spacial score (nSPS) is 29.4. The predicted molar refractivity (Wildman–Crippen MR) is 64.6 cm³/mol. The molecule has 0 saturated heterocycles.